The van der Waals surface area contributed by atoms with Crippen molar-refractivity contribution in [2.24, 2.45) is 0 Å². The van der Waals surface area contributed by atoms with E-state index in [1.807, 2.05) is 6.92 Å². The Morgan fingerprint density at radius 3 is 2.58 bits per heavy atom. The summed E-state index contributed by atoms with van der Waals surface area (Å²) in [6.07, 6.45) is 0. The van der Waals surface area contributed by atoms with E-state index >= 15 is 0 Å². The van der Waals surface area contributed by atoms with Gasteiger partial charge in [-0.25, -0.2) is 9.59 Å². The zero-order chi connectivity index (χ0) is 8.72. The predicted molar refractivity (Wildman–Crippen MR) is 42.0 cm³/mol. The topological polar surface area (TPSA) is 43.4 Å². The third-order valence-corrected chi connectivity index (χ3v) is 1.80. The second-order valence-electron chi connectivity index (χ2n) is 2.73. The third-order valence-electron chi connectivity index (χ3n) is 1.80. The standard InChI is InChI=1S/C9H6O3/c1-5-2-3-6-7(4-5)9(11)12-8(6)10/h2-4H,1H3/p+1. The molecule has 0 radical (unpaired) electrons. The first-order valence-corrected chi connectivity index (χ1v) is 3.55. The number of cyclic esters (lactones) is 2. The molecule has 1 aliphatic heterocycles. The Morgan fingerprint density at radius 2 is 1.83 bits per heavy atom. The van der Waals surface area contributed by atoms with Crippen LogP contribution in [0.25, 0.3) is 0 Å². The Balaban J connectivity index is 0.000000845. The zero-order valence-corrected chi connectivity index (χ0v) is 6.46. The van der Waals surface area contributed by atoms with Gasteiger partial charge in [-0.3, -0.25) is 0 Å². The summed E-state index contributed by atoms with van der Waals surface area (Å²) in [5.74, 6) is -1.09. The number of carbonyl (C=O) groups excluding carboxylic acids is 2. The minimum absolute atomic E-state index is 0. The van der Waals surface area contributed by atoms with Crippen molar-refractivity contribution in [3.63, 3.8) is 0 Å². The van der Waals surface area contributed by atoms with Crippen molar-refractivity contribution in [2.75, 3.05) is 0 Å². The number of rotatable bonds is 0. The number of hydrogen-bond donors (Lipinski definition) is 0. The molecular weight excluding hydrogens is 156 g/mol. The lowest BCUT2D eigenvalue weighted by atomic mass is 10.1. The summed E-state index contributed by atoms with van der Waals surface area (Å²) in [4.78, 5) is 21.9. The Labute approximate surface area is 70.4 Å². The molecule has 1 heterocycles. The third kappa shape index (κ3) is 0.830. The van der Waals surface area contributed by atoms with Crippen LogP contribution < -0.4 is 0 Å². The second-order valence-corrected chi connectivity index (χ2v) is 2.73. The van der Waals surface area contributed by atoms with Crippen molar-refractivity contribution in [1.82, 2.24) is 0 Å². The number of hydrogen-bond acceptors (Lipinski definition) is 3. The molecule has 12 heavy (non-hydrogen) atoms. The van der Waals surface area contributed by atoms with Crippen molar-refractivity contribution in [2.45, 2.75) is 6.92 Å². The number of benzene rings is 1. The first kappa shape index (κ1) is 7.03. The second kappa shape index (κ2) is 2.17. The fraction of sp³-hybridized carbons (Fsp3) is 0.111. The highest BCUT2D eigenvalue weighted by atomic mass is 16.6. The van der Waals surface area contributed by atoms with E-state index in [0.717, 1.165) is 5.56 Å². The van der Waals surface area contributed by atoms with E-state index in [-0.39, 0.29) is 1.43 Å². The molecule has 0 saturated heterocycles. The van der Waals surface area contributed by atoms with Crippen LogP contribution in [0.1, 0.15) is 27.7 Å². The predicted octanol–water partition coefficient (Wildman–Crippen LogP) is 1.42. The number of ether oxygens (including phenoxy) is 1. The molecule has 60 valence electrons. The lowest BCUT2D eigenvalue weighted by Gasteiger charge is -1.92. The van der Waals surface area contributed by atoms with E-state index in [2.05, 4.69) is 4.74 Å². The van der Waals surface area contributed by atoms with Crippen molar-refractivity contribution in [3.8, 4) is 0 Å². The van der Waals surface area contributed by atoms with Gasteiger partial charge in [0.25, 0.3) is 0 Å². The average Bonchev–Trinajstić information content (AvgIpc) is 2.28. The van der Waals surface area contributed by atoms with E-state index in [0.29, 0.717) is 11.1 Å². The van der Waals surface area contributed by atoms with E-state index < -0.39 is 11.9 Å². The Kier molecular flexibility index (Phi) is 1.27. The van der Waals surface area contributed by atoms with Crippen LogP contribution in [0.5, 0.6) is 0 Å². The highest BCUT2D eigenvalue weighted by molar-refractivity contribution is 6.14. The molecule has 0 aromatic heterocycles. The molecule has 0 atom stereocenters. The minimum Gasteiger partial charge on any atom is -0.386 e. The van der Waals surface area contributed by atoms with Crippen molar-refractivity contribution >= 4 is 11.9 Å². The fourth-order valence-electron chi connectivity index (χ4n) is 1.20. The van der Waals surface area contributed by atoms with Gasteiger partial charge in [0.2, 0.25) is 0 Å². The van der Waals surface area contributed by atoms with Crippen LogP contribution in [0.2, 0.25) is 0 Å². The highest BCUT2D eigenvalue weighted by Crippen LogP contribution is 2.20. The molecule has 0 fully saturated rings. The van der Waals surface area contributed by atoms with Gasteiger partial charge < -0.3 is 4.74 Å². The Hall–Kier alpha value is -1.64. The number of esters is 2. The lowest BCUT2D eigenvalue weighted by molar-refractivity contribution is 0.0444. The van der Waals surface area contributed by atoms with E-state index in [9.17, 15) is 9.59 Å². The summed E-state index contributed by atoms with van der Waals surface area (Å²) < 4.78 is 4.41. The van der Waals surface area contributed by atoms with Gasteiger partial charge >= 0.3 is 13.4 Å². The van der Waals surface area contributed by atoms with Gasteiger partial charge in [-0.15, -0.1) is 0 Å². The van der Waals surface area contributed by atoms with Crippen LogP contribution in [0.3, 0.4) is 0 Å². The van der Waals surface area contributed by atoms with Crippen molar-refractivity contribution in [3.05, 3.63) is 34.9 Å². The minimum atomic E-state index is -0.546. The monoisotopic (exact) mass is 163 g/mol. The molecule has 0 spiro atoms. The molecular formula is C9H7O3+. The Morgan fingerprint density at radius 1 is 1.17 bits per heavy atom. The maximum absolute atomic E-state index is 11.0. The van der Waals surface area contributed by atoms with Crippen LogP contribution in [0, 0.1) is 6.92 Å². The molecule has 1 aromatic rings. The van der Waals surface area contributed by atoms with Gasteiger partial charge in [0.15, 0.2) is 0 Å². The normalized spacial score (nSPS) is 14.4. The molecule has 1 aliphatic rings. The largest absolute Gasteiger partial charge is 1.00 e. The van der Waals surface area contributed by atoms with Crippen LogP contribution in [-0.2, 0) is 4.74 Å². The number of fused-ring (bicyclic) bond motifs is 1. The molecule has 2 rings (SSSR count). The maximum Gasteiger partial charge on any atom is 1.00 e. The first-order valence-electron chi connectivity index (χ1n) is 3.55. The highest BCUT2D eigenvalue weighted by Gasteiger charge is 2.28. The summed E-state index contributed by atoms with van der Waals surface area (Å²) in [6, 6.07) is 5.04. The molecule has 3 heteroatoms. The fourth-order valence-corrected chi connectivity index (χ4v) is 1.20. The molecule has 0 aliphatic carbocycles. The van der Waals surface area contributed by atoms with Crippen LogP contribution in [0.4, 0.5) is 0 Å². The summed E-state index contributed by atoms with van der Waals surface area (Å²) in [7, 11) is 0. The lowest BCUT2D eigenvalue weighted by Crippen LogP contribution is -1.96. The van der Waals surface area contributed by atoms with Crippen LogP contribution >= 0.6 is 0 Å². The molecule has 0 N–H and O–H groups in total. The average molecular weight is 163 g/mol. The van der Waals surface area contributed by atoms with E-state index in [1.54, 1.807) is 18.2 Å². The zero-order valence-electron chi connectivity index (χ0n) is 7.46. The first-order chi connectivity index (χ1) is 5.68. The Bertz CT molecular complexity index is 384. The summed E-state index contributed by atoms with van der Waals surface area (Å²) in [6.45, 7) is 1.86. The molecule has 0 bridgehead atoms. The smallest absolute Gasteiger partial charge is 0.386 e. The summed E-state index contributed by atoms with van der Waals surface area (Å²) in [5.41, 5.74) is 1.69. The number of aryl methyl sites for hydroxylation is 1. The SMILES string of the molecule is Cc1ccc2c(c1)C(=O)OC2=O.[H+]. The molecule has 0 saturated carbocycles. The summed E-state index contributed by atoms with van der Waals surface area (Å²) >= 11 is 0. The van der Waals surface area contributed by atoms with Crippen molar-refractivity contribution < 1.29 is 15.8 Å². The van der Waals surface area contributed by atoms with Gasteiger partial charge in [0.1, 0.15) is 0 Å². The van der Waals surface area contributed by atoms with Gasteiger partial charge in [-0.05, 0) is 19.1 Å². The maximum atomic E-state index is 11.0. The number of carbonyl (C=O) groups is 2. The van der Waals surface area contributed by atoms with Gasteiger partial charge in [0.05, 0.1) is 11.1 Å². The van der Waals surface area contributed by atoms with Crippen molar-refractivity contribution in [1.29, 1.82) is 0 Å². The van der Waals surface area contributed by atoms with Crippen LogP contribution in [0.15, 0.2) is 18.2 Å². The molecule has 0 unspecified atom stereocenters. The molecule has 1 aromatic carbocycles. The quantitative estimate of drug-likeness (QED) is 0.429. The van der Waals surface area contributed by atoms with E-state index in [1.165, 1.54) is 0 Å². The van der Waals surface area contributed by atoms with Gasteiger partial charge in [-0.2, -0.15) is 0 Å². The summed E-state index contributed by atoms with van der Waals surface area (Å²) in [5, 5.41) is 0. The molecule has 0 amide bonds. The molecule has 3 nitrogen and oxygen atoms in total. The van der Waals surface area contributed by atoms with Crippen LogP contribution in [-0.4, -0.2) is 11.9 Å². The van der Waals surface area contributed by atoms with E-state index in [4.69, 9.17) is 0 Å². The van der Waals surface area contributed by atoms with Gasteiger partial charge in [-0.1, -0.05) is 11.6 Å². The van der Waals surface area contributed by atoms with Gasteiger partial charge in [0, 0.05) is 0 Å².